The Hall–Kier alpha value is -2.54. The number of nitrogens with zero attached hydrogens (tertiary/aromatic N) is 1. The highest BCUT2D eigenvalue weighted by molar-refractivity contribution is 7.91. The molecule has 0 saturated carbocycles. The second kappa shape index (κ2) is 7.37. The van der Waals surface area contributed by atoms with Gasteiger partial charge in [-0.2, -0.15) is 0 Å². The summed E-state index contributed by atoms with van der Waals surface area (Å²) in [6.07, 6.45) is 1.10. The second-order valence-electron chi connectivity index (χ2n) is 6.22. The van der Waals surface area contributed by atoms with Crippen LogP contribution in [0.2, 0.25) is 10.0 Å². The predicted octanol–water partition coefficient (Wildman–Crippen LogP) is 6.32. The lowest BCUT2D eigenvalue weighted by atomic mass is 10.0. The molecule has 3 nitrogen and oxygen atoms in total. The number of benzene rings is 3. The lowest BCUT2D eigenvalue weighted by Gasteiger charge is -2.14. The molecule has 4 aromatic rings. The smallest absolute Gasteiger partial charge is 0.208 e. The zero-order valence-electron chi connectivity index (χ0n) is 14.5. The molecule has 0 unspecified atom stereocenters. The van der Waals surface area contributed by atoms with Crippen molar-refractivity contribution in [1.29, 1.82) is 0 Å². The van der Waals surface area contributed by atoms with E-state index in [1.54, 1.807) is 30.3 Å². The zero-order chi connectivity index (χ0) is 20.8. The maximum Gasteiger partial charge on any atom is 0.208 e. The Labute approximate surface area is 175 Å². The molecule has 0 aliphatic heterocycles. The summed E-state index contributed by atoms with van der Waals surface area (Å²) >= 11 is 11.7. The number of aromatic nitrogens is 1. The molecule has 4 rings (SSSR count). The molecule has 0 saturated heterocycles. The second-order valence-corrected chi connectivity index (χ2v) is 8.98. The molecule has 0 aliphatic rings. The van der Waals surface area contributed by atoms with Crippen LogP contribution in [0.4, 0.5) is 8.78 Å². The number of halogens is 4. The molecule has 0 aliphatic carbocycles. The van der Waals surface area contributed by atoms with E-state index in [1.807, 2.05) is 0 Å². The van der Waals surface area contributed by atoms with Gasteiger partial charge in [-0.25, -0.2) is 17.2 Å². The van der Waals surface area contributed by atoms with Crippen molar-refractivity contribution >= 4 is 43.9 Å². The molecule has 0 N–H and O–H groups in total. The van der Waals surface area contributed by atoms with E-state index in [2.05, 4.69) is 4.98 Å². The molecule has 146 valence electrons. The molecular formula is C21H11Cl2F2NO2S. The van der Waals surface area contributed by atoms with E-state index < -0.39 is 21.5 Å². The van der Waals surface area contributed by atoms with Gasteiger partial charge in [0.15, 0.2) is 0 Å². The van der Waals surface area contributed by atoms with Gasteiger partial charge in [0, 0.05) is 22.2 Å². The maximum atomic E-state index is 14.3. The van der Waals surface area contributed by atoms with E-state index in [-0.39, 0.29) is 25.9 Å². The number of para-hydroxylation sites is 1. The van der Waals surface area contributed by atoms with Crippen LogP contribution in [-0.4, -0.2) is 13.4 Å². The van der Waals surface area contributed by atoms with Crippen LogP contribution in [0.3, 0.4) is 0 Å². The Balaban J connectivity index is 2.08. The number of rotatable bonds is 3. The van der Waals surface area contributed by atoms with Crippen LogP contribution >= 0.6 is 23.2 Å². The fourth-order valence-corrected chi connectivity index (χ4v) is 4.89. The Morgan fingerprint density at radius 3 is 2.28 bits per heavy atom. The largest absolute Gasteiger partial charge is 0.252 e. The fourth-order valence-electron chi connectivity index (χ4n) is 3.06. The molecule has 0 amide bonds. The molecule has 3 aromatic carbocycles. The summed E-state index contributed by atoms with van der Waals surface area (Å²) in [5.41, 5.74) is 0.819. The maximum absolute atomic E-state index is 14.3. The third-order valence-electron chi connectivity index (χ3n) is 4.44. The van der Waals surface area contributed by atoms with Crippen molar-refractivity contribution in [3.63, 3.8) is 0 Å². The summed E-state index contributed by atoms with van der Waals surface area (Å²) < 4.78 is 54.5. The molecule has 8 heteroatoms. The van der Waals surface area contributed by atoms with Crippen LogP contribution in [0.25, 0.3) is 22.0 Å². The lowest BCUT2D eigenvalue weighted by Crippen LogP contribution is -2.06. The van der Waals surface area contributed by atoms with Crippen LogP contribution in [0.5, 0.6) is 0 Å². The minimum atomic E-state index is -4.14. The first-order valence-electron chi connectivity index (χ1n) is 8.32. The van der Waals surface area contributed by atoms with E-state index in [1.165, 1.54) is 12.1 Å². The average Bonchev–Trinajstić information content (AvgIpc) is 2.70. The number of hydrogen-bond acceptors (Lipinski definition) is 3. The summed E-state index contributed by atoms with van der Waals surface area (Å²) in [4.78, 5) is 3.68. The van der Waals surface area contributed by atoms with Gasteiger partial charge < -0.3 is 0 Å². The highest BCUT2D eigenvalue weighted by Crippen LogP contribution is 2.38. The number of sulfone groups is 1. The van der Waals surface area contributed by atoms with Gasteiger partial charge in [0.05, 0.1) is 14.8 Å². The van der Waals surface area contributed by atoms with Crippen molar-refractivity contribution in [2.75, 3.05) is 0 Å². The monoisotopic (exact) mass is 449 g/mol. The van der Waals surface area contributed by atoms with Crippen LogP contribution < -0.4 is 0 Å². The van der Waals surface area contributed by atoms with Crippen molar-refractivity contribution in [1.82, 2.24) is 4.98 Å². The molecule has 0 radical (unpaired) electrons. The molecule has 0 atom stereocenters. The lowest BCUT2D eigenvalue weighted by molar-refractivity contribution is 0.594. The predicted molar refractivity (Wildman–Crippen MR) is 109 cm³/mol. The number of hydrogen-bond donors (Lipinski definition) is 0. The van der Waals surface area contributed by atoms with E-state index in [4.69, 9.17) is 23.2 Å². The SMILES string of the molecule is O=S(=O)(c1ccc(F)c(Cl)c1)c1cnc2c(F)cccc2c1-c1ccc(Cl)cc1. The van der Waals surface area contributed by atoms with E-state index in [9.17, 15) is 17.2 Å². The molecule has 0 spiro atoms. The third-order valence-corrected chi connectivity index (χ3v) is 6.74. The van der Waals surface area contributed by atoms with Gasteiger partial charge in [0.1, 0.15) is 17.2 Å². The Bertz CT molecular complexity index is 1360. The number of pyridine rings is 1. The summed E-state index contributed by atoms with van der Waals surface area (Å²) in [5.74, 6) is -1.31. The van der Waals surface area contributed by atoms with Crippen molar-refractivity contribution in [3.05, 3.63) is 88.5 Å². The summed E-state index contributed by atoms with van der Waals surface area (Å²) in [7, 11) is -4.14. The average molecular weight is 450 g/mol. The first-order valence-corrected chi connectivity index (χ1v) is 10.6. The summed E-state index contributed by atoms with van der Waals surface area (Å²) in [6.45, 7) is 0. The fraction of sp³-hybridized carbons (Fsp3) is 0. The van der Waals surface area contributed by atoms with Gasteiger partial charge in [0.25, 0.3) is 0 Å². The molecule has 0 bridgehead atoms. The molecule has 0 fully saturated rings. The first kappa shape index (κ1) is 19.8. The van der Waals surface area contributed by atoms with Gasteiger partial charge in [-0.1, -0.05) is 47.5 Å². The topological polar surface area (TPSA) is 47.0 Å². The summed E-state index contributed by atoms with van der Waals surface area (Å²) in [6, 6.07) is 13.9. The van der Waals surface area contributed by atoms with Crippen LogP contribution in [0.1, 0.15) is 0 Å². The normalized spacial score (nSPS) is 11.7. The van der Waals surface area contributed by atoms with Crippen LogP contribution in [0, 0.1) is 11.6 Å². The van der Waals surface area contributed by atoms with Gasteiger partial charge in [-0.15, -0.1) is 0 Å². The number of fused-ring (bicyclic) bond motifs is 1. The van der Waals surface area contributed by atoms with Crippen LogP contribution in [-0.2, 0) is 9.84 Å². The molecule has 29 heavy (non-hydrogen) atoms. The zero-order valence-corrected chi connectivity index (χ0v) is 16.9. The van der Waals surface area contributed by atoms with Crippen molar-refractivity contribution < 1.29 is 17.2 Å². The van der Waals surface area contributed by atoms with Crippen molar-refractivity contribution in [3.8, 4) is 11.1 Å². The minimum Gasteiger partial charge on any atom is -0.252 e. The molecule has 1 heterocycles. The third kappa shape index (κ3) is 3.48. The van der Waals surface area contributed by atoms with Gasteiger partial charge in [-0.05, 0) is 42.0 Å². The van der Waals surface area contributed by atoms with Crippen molar-refractivity contribution in [2.45, 2.75) is 9.79 Å². The van der Waals surface area contributed by atoms with Gasteiger partial charge in [0.2, 0.25) is 9.84 Å². The van der Waals surface area contributed by atoms with E-state index in [0.717, 1.165) is 24.4 Å². The van der Waals surface area contributed by atoms with E-state index >= 15 is 0 Å². The first-order chi connectivity index (χ1) is 13.8. The molecule has 1 aromatic heterocycles. The molecular weight excluding hydrogens is 439 g/mol. The highest BCUT2D eigenvalue weighted by atomic mass is 35.5. The van der Waals surface area contributed by atoms with E-state index in [0.29, 0.717) is 16.0 Å². The standard InChI is InChI=1S/C21H11Cl2F2NO2S/c22-13-6-4-12(5-7-13)20-15-2-1-3-18(25)21(15)26-11-19(20)29(27,28)14-8-9-17(24)16(23)10-14/h1-11H. The quantitative estimate of drug-likeness (QED) is 0.343. The Kier molecular flexibility index (Phi) is 5.02. The highest BCUT2D eigenvalue weighted by Gasteiger charge is 2.26. The van der Waals surface area contributed by atoms with Crippen molar-refractivity contribution in [2.24, 2.45) is 0 Å². The summed E-state index contributed by atoms with van der Waals surface area (Å²) in [5, 5.41) is 0.466. The Morgan fingerprint density at radius 1 is 0.862 bits per heavy atom. The van der Waals surface area contributed by atoms with Gasteiger partial charge >= 0.3 is 0 Å². The Morgan fingerprint density at radius 2 is 1.59 bits per heavy atom. The van der Waals surface area contributed by atoms with Gasteiger partial charge in [-0.3, -0.25) is 4.98 Å². The van der Waals surface area contributed by atoms with Crippen LogP contribution in [0.15, 0.2) is 76.7 Å². The minimum absolute atomic E-state index is 0.0357.